The van der Waals surface area contributed by atoms with Gasteiger partial charge in [0, 0.05) is 31.7 Å². The topological polar surface area (TPSA) is 85.2 Å². The van der Waals surface area contributed by atoms with E-state index in [2.05, 4.69) is 45.4 Å². The van der Waals surface area contributed by atoms with Crippen LogP contribution in [0.5, 0.6) is 5.75 Å². The molecule has 2 aromatic carbocycles. The number of hydrogen-bond acceptors (Lipinski definition) is 5. The van der Waals surface area contributed by atoms with Crippen molar-refractivity contribution < 1.29 is 13.2 Å². The van der Waals surface area contributed by atoms with Crippen LogP contribution in [-0.2, 0) is 30.0 Å². The molecule has 2 heterocycles. The van der Waals surface area contributed by atoms with Gasteiger partial charge in [-0.3, -0.25) is 0 Å². The number of benzene rings is 2. The van der Waals surface area contributed by atoms with Gasteiger partial charge in [-0.1, -0.05) is 61.7 Å². The number of imidazole rings is 1. The van der Waals surface area contributed by atoms with Crippen LogP contribution in [0, 0.1) is 5.92 Å². The number of nitrogens with one attached hydrogen (secondary N) is 2. The SMILES string of the molecule is Cn1cnc(S(=O)(=O)NCc2ccc3c(c2)[C@@H](Cc2ccccc2)[C@@H](NCC2CCCCC2)CO3)c1. The number of rotatable bonds is 9. The summed E-state index contributed by atoms with van der Waals surface area (Å²) in [5, 5.41) is 3.88. The molecular weight excluding hydrogens is 472 g/mol. The fourth-order valence-electron chi connectivity index (χ4n) is 5.45. The largest absolute Gasteiger partial charge is 0.492 e. The summed E-state index contributed by atoms with van der Waals surface area (Å²) in [6.45, 7) is 1.87. The number of hydrogen-bond donors (Lipinski definition) is 2. The van der Waals surface area contributed by atoms with Crippen molar-refractivity contribution in [2.24, 2.45) is 13.0 Å². The van der Waals surface area contributed by atoms with E-state index in [1.807, 2.05) is 18.2 Å². The van der Waals surface area contributed by atoms with E-state index in [9.17, 15) is 8.42 Å². The third-order valence-electron chi connectivity index (χ3n) is 7.49. The van der Waals surface area contributed by atoms with Crippen LogP contribution in [0.3, 0.4) is 0 Å². The van der Waals surface area contributed by atoms with Gasteiger partial charge in [0.05, 0.1) is 6.33 Å². The van der Waals surface area contributed by atoms with E-state index in [0.717, 1.165) is 35.8 Å². The van der Waals surface area contributed by atoms with Crippen molar-refractivity contribution in [1.29, 1.82) is 0 Å². The summed E-state index contributed by atoms with van der Waals surface area (Å²) in [4.78, 5) is 3.98. The normalized spacial score (nSPS) is 20.6. The minimum absolute atomic E-state index is 0.0280. The molecule has 7 nitrogen and oxygen atoms in total. The van der Waals surface area contributed by atoms with Crippen LogP contribution in [0.4, 0.5) is 0 Å². The van der Waals surface area contributed by atoms with E-state index >= 15 is 0 Å². The fraction of sp³-hybridized carbons (Fsp3) is 0.464. The first-order valence-electron chi connectivity index (χ1n) is 13.0. The van der Waals surface area contributed by atoms with Gasteiger partial charge in [0.2, 0.25) is 0 Å². The molecule has 0 bridgehead atoms. The zero-order valence-electron chi connectivity index (χ0n) is 20.9. The Kier molecular flexibility index (Phi) is 7.74. The molecule has 0 unspecified atom stereocenters. The molecule has 1 aliphatic carbocycles. The molecule has 2 atom stereocenters. The predicted octanol–water partition coefficient (Wildman–Crippen LogP) is 4.16. The van der Waals surface area contributed by atoms with Crippen molar-refractivity contribution in [1.82, 2.24) is 19.6 Å². The smallest absolute Gasteiger partial charge is 0.259 e. The minimum atomic E-state index is -3.68. The highest BCUT2D eigenvalue weighted by Gasteiger charge is 2.32. The summed E-state index contributed by atoms with van der Waals surface area (Å²) < 4.78 is 35.9. The number of aromatic nitrogens is 2. The number of ether oxygens (including phenoxy) is 1. The van der Waals surface area contributed by atoms with Crippen LogP contribution in [0.2, 0.25) is 0 Å². The maximum Gasteiger partial charge on any atom is 0.259 e. The fourth-order valence-corrected chi connectivity index (χ4v) is 6.45. The first kappa shape index (κ1) is 25.0. The maximum absolute atomic E-state index is 12.7. The van der Waals surface area contributed by atoms with Crippen LogP contribution in [0.1, 0.15) is 54.7 Å². The van der Waals surface area contributed by atoms with Crippen LogP contribution in [-0.4, -0.2) is 37.2 Å². The maximum atomic E-state index is 12.7. The highest BCUT2D eigenvalue weighted by molar-refractivity contribution is 7.89. The van der Waals surface area contributed by atoms with E-state index in [0.29, 0.717) is 6.61 Å². The van der Waals surface area contributed by atoms with Crippen molar-refractivity contribution in [3.63, 3.8) is 0 Å². The highest BCUT2D eigenvalue weighted by atomic mass is 32.2. The lowest BCUT2D eigenvalue weighted by atomic mass is 9.82. The molecule has 1 aliphatic heterocycles. The lowest BCUT2D eigenvalue weighted by Crippen LogP contribution is -2.45. The van der Waals surface area contributed by atoms with Gasteiger partial charge in [0.25, 0.3) is 10.0 Å². The first-order valence-corrected chi connectivity index (χ1v) is 14.5. The Morgan fingerprint density at radius 3 is 2.61 bits per heavy atom. The Balaban J connectivity index is 1.35. The predicted molar refractivity (Wildman–Crippen MR) is 140 cm³/mol. The van der Waals surface area contributed by atoms with E-state index < -0.39 is 10.0 Å². The molecule has 2 N–H and O–H groups in total. The van der Waals surface area contributed by atoms with Crippen LogP contribution >= 0.6 is 0 Å². The van der Waals surface area contributed by atoms with Gasteiger partial charge in [-0.2, -0.15) is 0 Å². The average molecular weight is 509 g/mol. The molecule has 0 radical (unpaired) electrons. The molecular formula is C28H36N4O3S. The molecule has 192 valence electrons. The Hall–Kier alpha value is -2.68. The quantitative estimate of drug-likeness (QED) is 0.454. The molecule has 0 amide bonds. The van der Waals surface area contributed by atoms with Gasteiger partial charge < -0.3 is 14.6 Å². The third kappa shape index (κ3) is 5.99. The zero-order valence-corrected chi connectivity index (χ0v) is 21.7. The molecule has 0 spiro atoms. The minimum Gasteiger partial charge on any atom is -0.492 e. The zero-order chi connectivity index (χ0) is 25.0. The average Bonchev–Trinajstić information content (AvgIpc) is 3.35. The van der Waals surface area contributed by atoms with Crippen LogP contribution < -0.4 is 14.8 Å². The Bertz CT molecular complexity index is 1250. The van der Waals surface area contributed by atoms with E-state index in [-0.39, 0.29) is 23.5 Å². The number of nitrogens with zero attached hydrogens (tertiary/aromatic N) is 2. The molecule has 1 fully saturated rings. The number of aryl methyl sites for hydroxylation is 1. The number of sulfonamides is 1. The second kappa shape index (κ2) is 11.2. The molecule has 1 aromatic heterocycles. The third-order valence-corrected chi connectivity index (χ3v) is 8.78. The summed E-state index contributed by atoms with van der Waals surface area (Å²) in [6.07, 6.45) is 10.5. The van der Waals surface area contributed by atoms with Crippen molar-refractivity contribution in [2.45, 2.75) is 62.1 Å². The monoisotopic (exact) mass is 508 g/mol. The van der Waals surface area contributed by atoms with Crippen LogP contribution in [0.15, 0.2) is 66.1 Å². The van der Waals surface area contributed by atoms with Crippen LogP contribution in [0.25, 0.3) is 0 Å². The second-order valence-corrected chi connectivity index (χ2v) is 11.9. The second-order valence-electron chi connectivity index (χ2n) is 10.2. The van der Waals surface area contributed by atoms with Gasteiger partial charge in [-0.15, -0.1) is 0 Å². The van der Waals surface area contributed by atoms with Crippen molar-refractivity contribution in [3.8, 4) is 5.75 Å². The lowest BCUT2D eigenvalue weighted by Gasteiger charge is -2.36. The first-order chi connectivity index (χ1) is 17.5. The van der Waals surface area contributed by atoms with Gasteiger partial charge in [0.15, 0.2) is 5.03 Å². The molecule has 0 saturated heterocycles. The highest BCUT2D eigenvalue weighted by Crippen LogP contribution is 2.37. The van der Waals surface area contributed by atoms with Crippen molar-refractivity contribution in [3.05, 3.63) is 77.7 Å². The Labute approximate surface area is 214 Å². The summed E-state index contributed by atoms with van der Waals surface area (Å²) in [5.74, 6) is 1.87. The van der Waals surface area contributed by atoms with Gasteiger partial charge >= 0.3 is 0 Å². The van der Waals surface area contributed by atoms with Crippen molar-refractivity contribution >= 4 is 10.0 Å². The summed E-state index contributed by atoms with van der Waals surface area (Å²) >= 11 is 0. The van der Waals surface area contributed by atoms with E-state index in [4.69, 9.17) is 4.74 Å². The van der Waals surface area contributed by atoms with Gasteiger partial charge in [-0.05, 0) is 54.5 Å². The van der Waals surface area contributed by atoms with E-state index in [1.54, 1.807) is 11.6 Å². The summed E-state index contributed by atoms with van der Waals surface area (Å²) in [7, 11) is -1.93. The lowest BCUT2D eigenvalue weighted by molar-refractivity contribution is 0.201. The molecule has 3 aromatic rings. The molecule has 5 rings (SSSR count). The molecule has 8 heteroatoms. The standard InChI is InChI=1S/C28H36N4O3S/c1-32-18-28(30-20-32)36(33,34)31-17-23-12-13-27-25(15-23)24(14-21-8-4-2-5-9-21)26(19-35-27)29-16-22-10-6-3-7-11-22/h2,4-5,8-9,12-13,15,18,20,22,24,26,29,31H,3,6-7,10-11,14,16-17,19H2,1H3/t24-,26+/m1/s1. The summed E-state index contributed by atoms with van der Waals surface area (Å²) in [5.41, 5.74) is 3.34. The van der Waals surface area contributed by atoms with Gasteiger partial charge in [0.1, 0.15) is 12.4 Å². The van der Waals surface area contributed by atoms with Gasteiger partial charge in [-0.25, -0.2) is 18.1 Å². The van der Waals surface area contributed by atoms with Crippen molar-refractivity contribution in [2.75, 3.05) is 13.2 Å². The molecule has 36 heavy (non-hydrogen) atoms. The Morgan fingerprint density at radius 1 is 1.06 bits per heavy atom. The molecule has 2 aliphatic rings. The Morgan fingerprint density at radius 2 is 1.86 bits per heavy atom. The number of fused-ring (bicyclic) bond motifs is 1. The molecule has 1 saturated carbocycles. The van der Waals surface area contributed by atoms with E-state index in [1.165, 1.54) is 50.2 Å². The summed E-state index contributed by atoms with van der Waals surface area (Å²) in [6, 6.07) is 16.8.